The number of aromatic nitrogens is 3. The van der Waals surface area contributed by atoms with Crippen molar-refractivity contribution in [2.75, 3.05) is 26.4 Å². The lowest BCUT2D eigenvalue weighted by Crippen LogP contribution is -2.31. The first-order chi connectivity index (χ1) is 14.0. The quantitative estimate of drug-likeness (QED) is 0.581. The molecular weight excluding hydrogens is 370 g/mol. The Morgan fingerprint density at radius 3 is 2.48 bits per heavy atom. The second kappa shape index (κ2) is 9.03. The highest BCUT2D eigenvalue weighted by Crippen LogP contribution is 2.29. The van der Waals surface area contributed by atoms with Crippen LogP contribution in [0.15, 0.2) is 30.3 Å². The SMILES string of the molecule is CCN(CC)C(=O)Cc1c(-c2ccc(OCC[18F])cc2)nn2c(C)cc(C)nc12. The fourth-order valence-electron chi connectivity index (χ4n) is 3.46. The smallest absolute Gasteiger partial charge is 0.227 e. The standard InChI is InChI=1S/C22H27FN4O2/c1-5-26(6-2)20(28)14-19-21(17-7-9-18(10-8-17)29-12-11-23)25-27-16(4)13-15(3)24-22(19)27/h7-10,13H,5-6,11-12,14H2,1-4H3/i23-1. The molecule has 3 aromatic rings. The van der Waals surface area contributed by atoms with E-state index in [4.69, 9.17) is 9.84 Å². The van der Waals surface area contributed by atoms with E-state index in [0.717, 1.165) is 28.2 Å². The van der Waals surface area contributed by atoms with E-state index in [-0.39, 0.29) is 18.9 Å². The predicted octanol–water partition coefficient (Wildman–Crippen LogP) is 3.77. The molecule has 2 heterocycles. The Balaban J connectivity index is 2.08. The summed E-state index contributed by atoms with van der Waals surface area (Å²) in [5, 5.41) is 4.76. The van der Waals surface area contributed by atoms with E-state index in [1.54, 1.807) is 16.6 Å². The van der Waals surface area contributed by atoms with Crippen molar-refractivity contribution in [3.63, 3.8) is 0 Å². The number of fused-ring (bicyclic) bond motifs is 1. The zero-order chi connectivity index (χ0) is 21.0. The Hall–Kier alpha value is -2.96. The number of aryl methyl sites for hydroxylation is 2. The van der Waals surface area contributed by atoms with Gasteiger partial charge in [-0.3, -0.25) is 4.79 Å². The summed E-state index contributed by atoms with van der Waals surface area (Å²) in [5.41, 5.74) is 4.94. The highest BCUT2D eigenvalue weighted by molar-refractivity contribution is 5.84. The van der Waals surface area contributed by atoms with Crippen molar-refractivity contribution < 1.29 is 13.9 Å². The number of amides is 1. The van der Waals surface area contributed by atoms with Crippen LogP contribution < -0.4 is 4.74 Å². The predicted molar refractivity (Wildman–Crippen MR) is 111 cm³/mol. The first-order valence-corrected chi connectivity index (χ1v) is 9.91. The minimum atomic E-state index is -0.532. The van der Waals surface area contributed by atoms with E-state index in [1.165, 1.54) is 0 Å². The number of rotatable bonds is 8. The van der Waals surface area contributed by atoms with Crippen molar-refractivity contribution in [3.8, 4) is 17.0 Å². The molecule has 0 saturated carbocycles. The first-order valence-electron chi connectivity index (χ1n) is 9.91. The highest BCUT2D eigenvalue weighted by atomic mass is 18.2. The zero-order valence-corrected chi connectivity index (χ0v) is 17.4. The molecule has 0 aliphatic heterocycles. The van der Waals surface area contributed by atoms with Gasteiger partial charge in [-0.15, -0.1) is 0 Å². The van der Waals surface area contributed by atoms with E-state index >= 15 is 0 Å². The van der Waals surface area contributed by atoms with Crippen molar-refractivity contribution in [2.45, 2.75) is 34.1 Å². The molecule has 3 rings (SSSR count). The number of alkyl halides is 1. The van der Waals surface area contributed by atoms with Crippen LogP contribution in [-0.2, 0) is 11.2 Å². The maximum Gasteiger partial charge on any atom is 0.227 e. The Labute approximate surface area is 170 Å². The van der Waals surface area contributed by atoms with Crippen molar-refractivity contribution in [1.82, 2.24) is 19.5 Å². The second-order valence-corrected chi connectivity index (χ2v) is 6.91. The lowest BCUT2D eigenvalue weighted by atomic mass is 10.0. The van der Waals surface area contributed by atoms with E-state index < -0.39 is 6.67 Å². The Kier molecular flexibility index (Phi) is 6.46. The summed E-state index contributed by atoms with van der Waals surface area (Å²) in [6, 6.07) is 9.30. The van der Waals surface area contributed by atoms with Gasteiger partial charge in [0.2, 0.25) is 5.91 Å². The summed E-state index contributed by atoms with van der Waals surface area (Å²) in [6.07, 6.45) is 0.233. The summed E-state index contributed by atoms with van der Waals surface area (Å²) in [4.78, 5) is 19.3. The molecule has 29 heavy (non-hydrogen) atoms. The van der Waals surface area contributed by atoms with Gasteiger partial charge in [-0.25, -0.2) is 13.9 Å². The number of hydrogen-bond acceptors (Lipinski definition) is 4. The van der Waals surface area contributed by atoms with Gasteiger partial charge in [0.15, 0.2) is 5.65 Å². The van der Waals surface area contributed by atoms with E-state index in [1.807, 2.05) is 50.8 Å². The number of hydrogen-bond donors (Lipinski definition) is 0. The molecule has 0 N–H and O–H groups in total. The molecule has 0 unspecified atom stereocenters. The third-order valence-corrected chi connectivity index (χ3v) is 4.91. The number of ether oxygens (including phenoxy) is 1. The molecule has 7 heteroatoms. The number of carbonyl (C=O) groups is 1. The van der Waals surface area contributed by atoms with Gasteiger partial charge in [0.1, 0.15) is 19.0 Å². The van der Waals surface area contributed by atoms with Gasteiger partial charge in [-0.05, 0) is 58.0 Å². The minimum Gasteiger partial charge on any atom is -0.491 e. The molecule has 0 bridgehead atoms. The average Bonchev–Trinajstić information content (AvgIpc) is 3.06. The van der Waals surface area contributed by atoms with Gasteiger partial charge in [-0.1, -0.05) is 0 Å². The molecular formula is C22H27FN4O2. The van der Waals surface area contributed by atoms with E-state index in [2.05, 4.69) is 4.98 Å². The molecule has 0 aliphatic carbocycles. The Bertz CT molecular complexity index is 994. The fourth-order valence-corrected chi connectivity index (χ4v) is 3.46. The fraction of sp³-hybridized carbons (Fsp3) is 0.409. The van der Waals surface area contributed by atoms with Crippen LogP contribution in [0.1, 0.15) is 30.8 Å². The molecule has 154 valence electrons. The van der Waals surface area contributed by atoms with Crippen LogP contribution in [-0.4, -0.2) is 51.8 Å². The largest absolute Gasteiger partial charge is 0.491 e. The molecule has 0 radical (unpaired) electrons. The third kappa shape index (κ3) is 4.39. The molecule has 0 saturated heterocycles. The molecule has 0 aliphatic rings. The van der Waals surface area contributed by atoms with Crippen molar-refractivity contribution in [3.05, 3.63) is 47.3 Å². The molecule has 6 nitrogen and oxygen atoms in total. The van der Waals surface area contributed by atoms with E-state index in [9.17, 15) is 9.18 Å². The topological polar surface area (TPSA) is 59.7 Å². The van der Waals surface area contributed by atoms with Crippen LogP contribution in [0.4, 0.5) is 4.39 Å². The second-order valence-electron chi connectivity index (χ2n) is 6.91. The van der Waals surface area contributed by atoms with Gasteiger partial charge in [0, 0.05) is 35.6 Å². The number of benzene rings is 1. The first kappa shape index (κ1) is 20.8. The number of carbonyl (C=O) groups excluding carboxylic acids is 1. The van der Waals surface area contributed by atoms with Crippen LogP contribution >= 0.6 is 0 Å². The summed E-state index contributed by atoms with van der Waals surface area (Å²) >= 11 is 0. The summed E-state index contributed by atoms with van der Waals surface area (Å²) < 4.78 is 19.4. The number of nitrogens with zero attached hydrogens (tertiary/aromatic N) is 4. The zero-order valence-electron chi connectivity index (χ0n) is 17.4. The minimum absolute atomic E-state index is 0.0275. The van der Waals surface area contributed by atoms with Gasteiger partial charge in [0.25, 0.3) is 0 Å². The van der Waals surface area contributed by atoms with Gasteiger partial charge >= 0.3 is 0 Å². The highest BCUT2D eigenvalue weighted by Gasteiger charge is 2.22. The lowest BCUT2D eigenvalue weighted by molar-refractivity contribution is -0.130. The Morgan fingerprint density at radius 2 is 1.86 bits per heavy atom. The van der Waals surface area contributed by atoms with Gasteiger partial charge in [-0.2, -0.15) is 5.10 Å². The molecule has 1 aromatic carbocycles. The molecule has 0 spiro atoms. The van der Waals surface area contributed by atoms with Crippen molar-refractivity contribution >= 4 is 11.6 Å². The van der Waals surface area contributed by atoms with Crippen molar-refractivity contribution in [2.24, 2.45) is 0 Å². The average molecular weight is 397 g/mol. The van der Waals surface area contributed by atoms with Gasteiger partial charge in [0.05, 0.1) is 12.1 Å². The van der Waals surface area contributed by atoms with Crippen LogP contribution in [0.5, 0.6) is 5.75 Å². The molecule has 0 fully saturated rings. The Morgan fingerprint density at radius 1 is 1.17 bits per heavy atom. The normalized spacial score (nSPS) is 11.1. The number of likely N-dealkylation sites (N-methyl/N-ethyl adjacent to an activating group) is 1. The van der Waals surface area contributed by atoms with Crippen LogP contribution in [0.3, 0.4) is 0 Å². The summed E-state index contributed by atoms with van der Waals surface area (Å²) in [6.45, 7) is 8.68. The number of halogens is 1. The van der Waals surface area contributed by atoms with Crippen LogP contribution in [0.2, 0.25) is 0 Å². The maximum atomic E-state index is 12.8. The van der Waals surface area contributed by atoms with Crippen LogP contribution in [0.25, 0.3) is 16.9 Å². The van der Waals surface area contributed by atoms with Crippen molar-refractivity contribution in [1.29, 1.82) is 0 Å². The lowest BCUT2D eigenvalue weighted by Gasteiger charge is -2.18. The molecule has 2 aromatic heterocycles. The molecule has 0 atom stereocenters. The summed E-state index contributed by atoms with van der Waals surface area (Å²) in [7, 11) is 0. The third-order valence-electron chi connectivity index (χ3n) is 4.91. The van der Waals surface area contributed by atoms with E-state index in [0.29, 0.717) is 24.5 Å². The monoisotopic (exact) mass is 397 g/mol. The molecule has 1 amide bonds. The maximum absolute atomic E-state index is 12.8. The van der Waals surface area contributed by atoms with Gasteiger partial charge < -0.3 is 9.64 Å². The van der Waals surface area contributed by atoms with Crippen LogP contribution in [0, 0.1) is 13.8 Å². The summed E-state index contributed by atoms with van der Waals surface area (Å²) in [5.74, 6) is 0.649.